The second-order valence-corrected chi connectivity index (χ2v) is 8.65. The zero-order chi connectivity index (χ0) is 19.7. The predicted molar refractivity (Wildman–Crippen MR) is 106 cm³/mol. The zero-order valence-corrected chi connectivity index (χ0v) is 17.1. The van der Waals surface area contributed by atoms with E-state index in [1.807, 2.05) is 4.57 Å². The van der Waals surface area contributed by atoms with Gasteiger partial charge >= 0.3 is 6.01 Å². The van der Waals surface area contributed by atoms with Crippen molar-refractivity contribution in [2.45, 2.75) is 64.5 Å². The largest absolute Gasteiger partial charge is 0.468 e. The zero-order valence-electron chi connectivity index (χ0n) is 17.1. The Bertz CT molecular complexity index is 831. The number of imidazole rings is 1. The Balaban J connectivity index is 1.52. The van der Waals surface area contributed by atoms with Crippen LogP contribution in [0.15, 0.2) is 0 Å². The molecule has 0 aromatic carbocycles. The number of hydrogen-bond donors (Lipinski definition) is 1. The molecule has 2 aliphatic rings. The third-order valence-corrected chi connectivity index (χ3v) is 5.76. The molecule has 0 radical (unpaired) electrons. The van der Waals surface area contributed by atoms with Crippen molar-refractivity contribution in [3.8, 4) is 12.0 Å². The van der Waals surface area contributed by atoms with Crippen molar-refractivity contribution in [1.29, 1.82) is 0 Å². The maximum Gasteiger partial charge on any atom is 0.320 e. The van der Waals surface area contributed by atoms with E-state index >= 15 is 0 Å². The SMILES string of the molecule is COc1nc2c(N)nc(OCCC3CC3)nc2n1CCC1CCOC(C)(C)C1. The summed E-state index contributed by atoms with van der Waals surface area (Å²) in [5, 5.41) is 0. The molecule has 8 heteroatoms. The number of aromatic nitrogens is 4. The molecule has 1 aliphatic carbocycles. The van der Waals surface area contributed by atoms with Crippen molar-refractivity contribution in [2.24, 2.45) is 11.8 Å². The van der Waals surface area contributed by atoms with Gasteiger partial charge in [-0.3, -0.25) is 4.57 Å². The molecule has 154 valence electrons. The van der Waals surface area contributed by atoms with Gasteiger partial charge in [0.05, 0.1) is 19.3 Å². The fourth-order valence-electron chi connectivity index (χ4n) is 4.04. The molecule has 1 aliphatic heterocycles. The highest BCUT2D eigenvalue weighted by atomic mass is 16.5. The molecule has 1 saturated carbocycles. The van der Waals surface area contributed by atoms with E-state index in [-0.39, 0.29) is 5.60 Å². The molecule has 28 heavy (non-hydrogen) atoms. The lowest BCUT2D eigenvalue weighted by molar-refractivity contribution is -0.0740. The minimum atomic E-state index is -0.0564. The first-order valence-corrected chi connectivity index (χ1v) is 10.3. The fraction of sp³-hybridized carbons (Fsp3) is 0.750. The van der Waals surface area contributed by atoms with Gasteiger partial charge in [0.1, 0.15) is 0 Å². The van der Waals surface area contributed by atoms with Crippen LogP contribution >= 0.6 is 0 Å². The third kappa shape index (κ3) is 4.32. The standard InChI is InChI=1S/C20H31N5O3/c1-20(2)12-14(8-11-28-20)6-9-25-17-15(22-19(25)26-3)16(21)23-18(24-17)27-10-7-13-4-5-13/h13-14H,4-12H2,1-3H3,(H2,21,23,24). The molecule has 2 aromatic rings. The lowest BCUT2D eigenvalue weighted by Gasteiger charge is -2.35. The van der Waals surface area contributed by atoms with E-state index in [4.69, 9.17) is 19.9 Å². The second-order valence-electron chi connectivity index (χ2n) is 8.65. The van der Waals surface area contributed by atoms with Gasteiger partial charge in [-0.2, -0.15) is 15.0 Å². The molecule has 8 nitrogen and oxygen atoms in total. The number of nitrogens with zero attached hydrogens (tertiary/aromatic N) is 4. The second kappa shape index (κ2) is 7.73. The molecule has 3 heterocycles. The predicted octanol–water partition coefficient (Wildman–Crippen LogP) is 3.19. The smallest absolute Gasteiger partial charge is 0.320 e. The molecule has 2 N–H and O–H groups in total. The summed E-state index contributed by atoms with van der Waals surface area (Å²) in [7, 11) is 1.62. The summed E-state index contributed by atoms with van der Waals surface area (Å²) >= 11 is 0. The van der Waals surface area contributed by atoms with Crippen molar-refractivity contribution in [1.82, 2.24) is 19.5 Å². The molecule has 0 amide bonds. The van der Waals surface area contributed by atoms with Gasteiger partial charge in [0, 0.05) is 13.2 Å². The first-order valence-electron chi connectivity index (χ1n) is 10.3. The molecule has 1 saturated heterocycles. The lowest BCUT2D eigenvalue weighted by atomic mass is 9.86. The minimum absolute atomic E-state index is 0.0564. The Labute approximate surface area is 165 Å². The number of fused-ring (bicyclic) bond motifs is 1. The number of methoxy groups -OCH3 is 1. The third-order valence-electron chi connectivity index (χ3n) is 5.76. The van der Waals surface area contributed by atoms with E-state index < -0.39 is 0 Å². The number of nitrogens with two attached hydrogens (primary N) is 1. The molecule has 2 aromatic heterocycles. The van der Waals surface area contributed by atoms with Gasteiger partial charge < -0.3 is 19.9 Å². The topological polar surface area (TPSA) is 97.3 Å². The molecule has 1 atom stereocenters. The van der Waals surface area contributed by atoms with Gasteiger partial charge in [0.2, 0.25) is 0 Å². The van der Waals surface area contributed by atoms with Crippen LogP contribution in [0.1, 0.15) is 52.4 Å². The molecule has 4 rings (SSSR count). The summed E-state index contributed by atoms with van der Waals surface area (Å²) in [6.45, 7) is 6.51. The van der Waals surface area contributed by atoms with Gasteiger partial charge in [0.15, 0.2) is 17.0 Å². The van der Waals surface area contributed by atoms with Crippen LogP contribution in [0, 0.1) is 11.8 Å². The van der Waals surface area contributed by atoms with Crippen molar-refractivity contribution in [3.05, 3.63) is 0 Å². The fourth-order valence-corrected chi connectivity index (χ4v) is 4.04. The van der Waals surface area contributed by atoms with E-state index in [0.717, 1.165) is 44.8 Å². The molecular formula is C20H31N5O3. The summed E-state index contributed by atoms with van der Waals surface area (Å²) < 4.78 is 19.1. The van der Waals surface area contributed by atoms with Gasteiger partial charge in [-0.25, -0.2) is 0 Å². The summed E-state index contributed by atoms with van der Waals surface area (Å²) in [6.07, 6.45) is 6.79. The van der Waals surface area contributed by atoms with E-state index in [1.165, 1.54) is 12.8 Å². The summed E-state index contributed by atoms with van der Waals surface area (Å²) in [4.78, 5) is 13.4. The first kappa shape index (κ1) is 19.2. The van der Waals surface area contributed by atoms with Crippen molar-refractivity contribution < 1.29 is 14.2 Å². The van der Waals surface area contributed by atoms with Crippen LogP contribution in [0.3, 0.4) is 0 Å². The Morgan fingerprint density at radius 3 is 2.68 bits per heavy atom. The lowest BCUT2D eigenvalue weighted by Crippen LogP contribution is -2.34. The van der Waals surface area contributed by atoms with E-state index in [1.54, 1.807) is 7.11 Å². The number of nitrogen functional groups attached to an aromatic ring is 1. The van der Waals surface area contributed by atoms with Crippen LogP contribution in [-0.4, -0.2) is 45.4 Å². The number of hydrogen-bond acceptors (Lipinski definition) is 7. The van der Waals surface area contributed by atoms with Crippen molar-refractivity contribution >= 4 is 17.0 Å². The van der Waals surface area contributed by atoms with Crippen LogP contribution in [0.2, 0.25) is 0 Å². The average Bonchev–Trinajstić information content (AvgIpc) is 3.39. The number of anilines is 1. The van der Waals surface area contributed by atoms with E-state index in [9.17, 15) is 0 Å². The maximum atomic E-state index is 6.13. The molecular weight excluding hydrogens is 358 g/mol. The molecule has 0 bridgehead atoms. The van der Waals surface area contributed by atoms with Crippen LogP contribution in [0.5, 0.6) is 12.0 Å². The molecule has 1 unspecified atom stereocenters. The highest BCUT2D eigenvalue weighted by Gasteiger charge is 2.29. The van der Waals surface area contributed by atoms with E-state index in [0.29, 0.717) is 41.5 Å². The summed E-state index contributed by atoms with van der Waals surface area (Å²) in [6, 6.07) is 0.833. The number of ether oxygens (including phenoxy) is 3. The number of rotatable bonds is 8. The average molecular weight is 390 g/mol. The normalized spacial score (nSPS) is 21.8. The number of aryl methyl sites for hydroxylation is 1. The highest BCUT2D eigenvalue weighted by molar-refractivity contribution is 5.83. The maximum absolute atomic E-state index is 6.13. The Morgan fingerprint density at radius 1 is 1.14 bits per heavy atom. The van der Waals surface area contributed by atoms with Gasteiger partial charge in [0.25, 0.3) is 6.01 Å². The molecule has 2 fully saturated rings. The van der Waals surface area contributed by atoms with Crippen LogP contribution < -0.4 is 15.2 Å². The van der Waals surface area contributed by atoms with Gasteiger partial charge in [-0.1, -0.05) is 12.8 Å². The van der Waals surface area contributed by atoms with Gasteiger partial charge in [-0.05, 0) is 51.4 Å². The van der Waals surface area contributed by atoms with E-state index in [2.05, 4.69) is 28.8 Å². The van der Waals surface area contributed by atoms with Crippen LogP contribution in [0.4, 0.5) is 5.82 Å². The summed E-state index contributed by atoms with van der Waals surface area (Å²) in [5.41, 5.74) is 7.32. The van der Waals surface area contributed by atoms with Crippen molar-refractivity contribution in [2.75, 3.05) is 26.1 Å². The highest BCUT2D eigenvalue weighted by Crippen LogP contribution is 2.33. The Kier molecular flexibility index (Phi) is 5.31. The Hall–Kier alpha value is -2.09. The van der Waals surface area contributed by atoms with Crippen LogP contribution in [0.25, 0.3) is 11.2 Å². The molecule has 0 spiro atoms. The first-order chi connectivity index (χ1) is 13.4. The quantitative estimate of drug-likeness (QED) is 0.740. The monoisotopic (exact) mass is 389 g/mol. The van der Waals surface area contributed by atoms with Crippen molar-refractivity contribution in [3.63, 3.8) is 0 Å². The minimum Gasteiger partial charge on any atom is -0.468 e. The van der Waals surface area contributed by atoms with Crippen LogP contribution in [-0.2, 0) is 11.3 Å². The summed E-state index contributed by atoms with van der Waals surface area (Å²) in [5.74, 6) is 1.73. The Morgan fingerprint density at radius 2 is 1.96 bits per heavy atom. The van der Waals surface area contributed by atoms with Gasteiger partial charge in [-0.15, -0.1) is 0 Å².